The van der Waals surface area contributed by atoms with Crippen molar-refractivity contribution < 1.29 is 21.2 Å². The fourth-order valence-corrected chi connectivity index (χ4v) is 2.60. The fourth-order valence-electron chi connectivity index (χ4n) is 2.35. The lowest BCUT2D eigenvalue weighted by Crippen LogP contribution is -2.31. The van der Waals surface area contributed by atoms with Gasteiger partial charge in [0.2, 0.25) is 5.02 Å². The van der Waals surface area contributed by atoms with Gasteiger partial charge in [-0.1, -0.05) is 12.1 Å². The standard InChI is InChI=1S/C13H12ClN3O2/c1-17-12(18)10(16-13(17)19)5-7-6-15-11-8(7)3-2-4-9(11)14/h2-4,6,10,14-15H,5H2,1H3/p+1. The molecule has 19 heavy (non-hydrogen) atoms. The summed E-state index contributed by atoms with van der Waals surface area (Å²) in [6, 6.07) is 4.86. The number of amides is 3. The zero-order valence-electron chi connectivity index (χ0n) is 10.3. The number of hydrogen-bond donors (Lipinski definition) is 2. The summed E-state index contributed by atoms with van der Waals surface area (Å²) in [5, 5.41) is 4.42. The van der Waals surface area contributed by atoms with Crippen LogP contribution in [0.1, 0.15) is 5.56 Å². The van der Waals surface area contributed by atoms with Crippen LogP contribution in [0, 0.1) is 11.6 Å². The van der Waals surface area contributed by atoms with Crippen LogP contribution in [-0.4, -0.2) is 34.9 Å². The van der Waals surface area contributed by atoms with E-state index in [1.165, 1.54) is 7.05 Å². The molecule has 1 aromatic heterocycles. The van der Waals surface area contributed by atoms with Crippen molar-refractivity contribution in [1.29, 1.82) is 0 Å². The number of nitrogens with zero attached hydrogens (tertiary/aromatic N) is 1. The molecule has 1 aliphatic rings. The highest BCUT2D eigenvalue weighted by molar-refractivity contribution is 6.04. The quantitative estimate of drug-likeness (QED) is 0.804. The number of carbonyl (C=O) groups excluding carboxylic acids is 2. The van der Waals surface area contributed by atoms with Crippen molar-refractivity contribution in [3.05, 3.63) is 35.0 Å². The number of para-hydroxylation sites is 1. The van der Waals surface area contributed by atoms with Gasteiger partial charge in [-0.3, -0.25) is 9.69 Å². The first-order valence-corrected chi connectivity index (χ1v) is 6.33. The van der Waals surface area contributed by atoms with Gasteiger partial charge in [0.1, 0.15) is 11.6 Å². The van der Waals surface area contributed by atoms with Gasteiger partial charge in [-0.2, -0.15) is 0 Å². The first kappa shape index (κ1) is 12.0. The Bertz CT molecular complexity index is 680. The molecule has 98 valence electrons. The molecule has 1 unspecified atom stereocenters. The van der Waals surface area contributed by atoms with E-state index >= 15 is 0 Å². The Labute approximate surface area is 114 Å². The maximum absolute atomic E-state index is 11.9. The van der Waals surface area contributed by atoms with Gasteiger partial charge in [-0.05, 0) is 5.56 Å². The largest absolute Gasteiger partial charge is 0.356 e. The van der Waals surface area contributed by atoms with Crippen LogP contribution in [0.15, 0.2) is 24.4 Å². The Hall–Kier alpha value is -2.01. The summed E-state index contributed by atoms with van der Waals surface area (Å²) in [5.74, 6) is -0.200. The second kappa shape index (κ2) is 4.28. The van der Waals surface area contributed by atoms with Gasteiger partial charge in [0.05, 0.1) is 0 Å². The molecule has 1 fully saturated rings. The number of imide groups is 1. The number of nitrogens with one attached hydrogen (secondary N) is 2. The highest BCUT2D eigenvalue weighted by atomic mass is 35.5. The van der Waals surface area contributed by atoms with Crippen molar-refractivity contribution in [3.8, 4) is 0 Å². The van der Waals surface area contributed by atoms with Crippen LogP contribution in [0.3, 0.4) is 0 Å². The Balaban J connectivity index is 1.93. The molecule has 5 nitrogen and oxygen atoms in total. The van der Waals surface area contributed by atoms with Crippen molar-refractivity contribution >= 4 is 22.8 Å². The molecule has 2 N–H and O–H groups in total. The van der Waals surface area contributed by atoms with Gasteiger partial charge in [0.25, 0.3) is 5.91 Å². The number of rotatable bonds is 2. The number of aromatic amines is 1. The third-order valence-corrected chi connectivity index (χ3v) is 3.76. The van der Waals surface area contributed by atoms with Crippen LogP contribution in [0.25, 0.3) is 10.9 Å². The maximum atomic E-state index is 11.9. The van der Waals surface area contributed by atoms with Crippen LogP contribution in [0.4, 0.5) is 4.79 Å². The first-order valence-electron chi connectivity index (χ1n) is 5.92. The van der Waals surface area contributed by atoms with E-state index in [0.29, 0.717) is 6.42 Å². The highest BCUT2D eigenvalue weighted by Crippen LogP contribution is 2.24. The summed E-state index contributed by atoms with van der Waals surface area (Å²) >= 11 is 5.23. The lowest BCUT2D eigenvalue weighted by Gasteiger charge is -2.06. The fraction of sp³-hybridized carbons (Fsp3) is 0.231. The molecule has 3 rings (SSSR count). The third kappa shape index (κ3) is 1.86. The molecule has 0 bridgehead atoms. The van der Waals surface area contributed by atoms with E-state index in [1.54, 1.807) is 0 Å². The minimum absolute atomic E-state index is 0.200. The van der Waals surface area contributed by atoms with Crippen LogP contribution < -0.4 is 5.32 Å². The predicted octanol–water partition coefficient (Wildman–Crippen LogP) is 0.957. The van der Waals surface area contributed by atoms with Crippen molar-refractivity contribution in [2.75, 3.05) is 7.05 Å². The average Bonchev–Trinajstić information content (AvgIpc) is 2.90. The number of likely N-dealkylation sites (N-methyl/N-ethyl adjacent to an activating group) is 1. The zero-order chi connectivity index (χ0) is 13.6. The molecular formula is C13H13ClN3O2+. The Morgan fingerprint density at radius 1 is 1.37 bits per heavy atom. The monoisotopic (exact) mass is 278 g/mol. The number of aromatic nitrogens is 1. The van der Waals surface area contributed by atoms with Crippen LogP contribution in [0.5, 0.6) is 0 Å². The van der Waals surface area contributed by atoms with Crippen molar-refractivity contribution in [2.45, 2.75) is 12.5 Å². The van der Waals surface area contributed by atoms with Crippen molar-refractivity contribution in [3.63, 3.8) is 0 Å². The number of hydrogen-bond acceptors (Lipinski definition) is 2. The van der Waals surface area contributed by atoms with Gasteiger partial charge < -0.3 is 10.3 Å². The van der Waals surface area contributed by atoms with Gasteiger partial charge in [0, 0.05) is 31.1 Å². The third-order valence-electron chi connectivity index (χ3n) is 3.42. The number of benzene rings is 1. The van der Waals surface area contributed by atoms with Crippen LogP contribution in [-0.2, 0) is 11.2 Å². The number of carbonyl (C=O) groups is 2. The Morgan fingerprint density at radius 3 is 2.84 bits per heavy atom. The summed E-state index contributed by atoms with van der Waals surface area (Å²) in [7, 11) is 1.48. The minimum Gasteiger partial charge on any atom is -0.356 e. The molecule has 0 radical (unpaired) electrons. The molecule has 6 heteroatoms. The number of urea groups is 1. The molecule has 1 saturated heterocycles. The van der Waals surface area contributed by atoms with E-state index in [-0.39, 0.29) is 11.9 Å². The number of fused-ring (bicyclic) bond motifs is 1. The molecule has 1 aliphatic heterocycles. The number of halogens is 1. The summed E-state index contributed by atoms with van der Waals surface area (Å²) in [4.78, 5) is 27.5. The first-order chi connectivity index (χ1) is 9.08. The topological polar surface area (TPSA) is 65.2 Å². The molecule has 3 amide bonds. The molecule has 0 spiro atoms. The normalized spacial score (nSPS) is 19.3. The molecule has 0 saturated carbocycles. The highest BCUT2D eigenvalue weighted by Gasteiger charge is 2.35. The summed E-state index contributed by atoms with van der Waals surface area (Å²) in [6.45, 7) is 0. The Morgan fingerprint density at radius 2 is 2.16 bits per heavy atom. The van der Waals surface area contributed by atoms with Gasteiger partial charge >= 0.3 is 6.03 Å². The van der Waals surface area contributed by atoms with E-state index in [4.69, 9.17) is 11.6 Å². The summed E-state index contributed by atoms with van der Waals surface area (Å²) in [6.07, 6.45) is 2.31. The van der Waals surface area contributed by atoms with Crippen molar-refractivity contribution in [1.82, 2.24) is 15.2 Å². The van der Waals surface area contributed by atoms with E-state index in [2.05, 4.69) is 10.3 Å². The molecular weight excluding hydrogens is 266 g/mol. The van der Waals surface area contributed by atoms with Crippen LogP contribution >= 0.6 is 0 Å². The molecule has 1 aromatic carbocycles. The zero-order valence-corrected chi connectivity index (χ0v) is 11.1. The minimum atomic E-state index is -0.495. The van der Waals surface area contributed by atoms with E-state index in [9.17, 15) is 9.59 Å². The summed E-state index contributed by atoms with van der Waals surface area (Å²) in [5.41, 5.74) is 1.88. The van der Waals surface area contributed by atoms with Gasteiger partial charge in [-0.25, -0.2) is 4.79 Å². The predicted molar refractivity (Wildman–Crippen MR) is 67.6 cm³/mol. The molecule has 0 aliphatic carbocycles. The smallest absolute Gasteiger partial charge is 0.324 e. The van der Waals surface area contributed by atoms with E-state index in [1.807, 2.05) is 24.4 Å². The molecule has 1 atom stereocenters. The van der Waals surface area contributed by atoms with Crippen LogP contribution in [0.2, 0.25) is 5.02 Å². The maximum Gasteiger partial charge on any atom is 0.324 e. The number of H-pyrrole nitrogens is 1. The lowest BCUT2D eigenvalue weighted by atomic mass is 10.1. The van der Waals surface area contributed by atoms with E-state index < -0.39 is 6.04 Å². The SMILES string of the molecule is CN1C(=O)NC(Cc2c[nH]c3c([ClH+])cccc23)C1=O. The second-order valence-electron chi connectivity index (χ2n) is 4.60. The van der Waals surface area contributed by atoms with Gasteiger partial charge in [-0.15, -0.1) is 0 Å². The molecule has 2 heterocycles. The second-order valence-corrected chi connectivity index (χ2v) is 5.04. The lowest BCUT2D eigenvalue weighted by molar-refractivity contribution is -0.286. The van der Waals surface area contributed by atoms with Crippen molar-refractivity contribution in [2.24, 2.45) is 0 Å². The summed E-state index contributed by atoms with van der Waals surface area (Å²) < 4.78 is 0. The molecule has 2 aromatic rings. The van der Waals surface area contributed by atoms with E-state index in [0.717, 1.165) is 26.4 Å². The van der Waals surface area contributed by atoms with Gasteiger partial charge in [0.15, 0.2) is 11.6 Å². The Kier molecular flexibility index (Phi) is 2.71. The average molecular weight is 279 g/mol.